The van der Waals surface area contributed by atoms with Crippen LogP contribution in [0.25, 0.3) is 5.82 Å². The lowest BCUT2D eigenvalue weighted by Gasteiger charge is -2.07. The van der Waals surface area contributed by atoms with Crippen molar-refractivity contribution in [2.45, 2.75) is 27.7 Å². The Morgan fingerprint density at radius 3 is 2.39 bits per heavy atom. The summed E-state index contributed by atoms with van der Waals surface area (Å²) in [6, 6.07) is 1.61. The summed E-state index contributed by atoms with van der Waals surface area (Å²) in [5, 5.41) is 13.3. The van der Waals surface area contributed by atoms with E-state index >= 15 is 0 Å². The number of aromatic carboxylic acids is 1. The van der Waals surface area contributed by atoms with Gasteiger partial charge in [-0.25, -0.2) is 14.5 Å². The van der Waals surface area contributed by atoms with Gasteiger partial charge in [-0.05, 0) is 44.9 Å². The molecular weight excluding hydrogens is 230 g/mol. The predicted molar refractivity (Wildman–Crippen MR) is 67.3 cm³/mol. The number of nitrogens with zero attached hydrogens (tertiary/aromatic N) is 3. The minimum Gasteiger partial charge on any atom is -0.478 e. The Bertz CT molecular complexity index is 629. The summed E-state index contributed by atoms with van der Waals surface area (Å²) >= 11 is 0. The fourth-order valence-corrected chi connectivity index (χ4v) is 1.83. The van der Waals surface area contributed by atoms with Crippen molar-refractivity contribution >= 4 is 5.97 Å². The maximum atomic E-state index is 10.9. The van der Waals surface area contributed by atoms with Crippen molar-refractivity contribution in [3.8, 4) is 5.82 Å². The second kappa shape index (κ2) is 4.25. The molecule has 5 heteroatoms. The molecule has 94 valence electrons. The van der Waals surface area contributed by atoms with Gasteiger partial charge in [-0.15, -0.1) is 0 Å². The summed E-state index contributed by atoms with van der Waals surface area (Å²) in [5.74, 6) is -0.296. The topological polar surface area (TPSA) is 68.0 Å². The first kappa shape index (κ1) is 12.3. The van der Waals surface area contributed by atoms with Crippen LogP contribution in [0.2, 0.25) is 0 Å². The molecule has 0 unspecified atom stereocenters. The third-order valence-electron chi connectivity index (χ3n) is 3.15. The minimum absolute atomic E-state index is 0.189. The molecule has 0 fully saturated rings. The van der Waals surface area contributed by atoms with E-state index in [0.717, 1.165) is 22.5 Å². The van der Waals surface area contributed by atoms with Gasteiger partial charge in [0.15, 0.2) is 5.82 Å². The Morgan fingerprint density at radius 2 is 1.94 bits per heavy atom. The van der Waals surface area contributed by atoms with Crippen LogP contribution in [0.3, 0.4) is 0 Å². The molecular formula is C13H15N3O2. The fraction of sp³-hybridized carbons (Fsp3) is 0.308. The number of rotatable bonds is 2. The number of carboxylic acids is 1. The molecule has 0 atom stereocenters. The highest BCUT2D eigenvalue weighted by atomic mass is 16.4. The van der Waals surface area contributed by atoms with E-state index in [4.69, 9.17) is 5.11 Å². The van der Waals surface area contributed by atoms with Crippen LogP contribution in [0.1, 0.15) is 32.9 Å². The van der Waals surface area contributed by atoms with Gasteiger partial charge in [0.1, 0.15) is 0 Å². The smallest absolute Gasteiger partial charge is 0.337 e. The molecule has 0 spiro atoms. The van der Waals surface area contributed by atoms with Crippen LogP contribution >= 0.6 is 0 Å². The van der Waals surface area contributed by atoms with E-state index in [0.29, 0.717) is 5.82 Å². The molecule has 0 amide bonds. The first-order chi connectivity index (χ1) is 8.41. The van der Waals surface area contributed by atoms with Crippen molar-refractivity contribution in [1.82, 2.24) is 14.8 Å². The van der Waals surface area contributed by atoms with E-state index in [-0.39, 0.29) is 5.56 Å². The van der Waals surface area contributed by atoms with Crippen molar-refractivity contribution in [1.29, 1.82) is 0 Å². The third kappa shape index (κ3) is 1.88. The van der Waals surface area contributed by atoms with Crippen LogP contribution in [-0.2, 0) is 0 Å². The Hall–Kier alpha value is -2.17. The molecule has 0 aliphatic carbocycles. The second-order valence-electron chi connectivity index (χ2n) is 4.38. The van der Waals surface area contributed by atoms with Crippen molar-refractivity contribution in [2.24, 2.45) is 0 Å². The molecule has 2 aromatic heterocycles. The number of hydrogen-bond donors (Lipinski definition) is 1. The molecule has 2 rings (SSSR count). The highest BCUT2D eigenvalue weighted by molar-refractivity contribution is 5.87. The molecule has 2 aromatic rings. The van der Waals surface area contributed by atoms with Crippen molar-refractivity contribution in [3.05, 3.63) is 40.3 Å². The van der Waals surface area contributed by atoms with Gasteiger partial charge in [0.05, 0.1) is 11.3 Å². The third-order valence-corrected chi connectivity index (χ3v) is 3.15. The molecule has 0 aliphatic rings. The first-order valence-electron chi connectivity index (χ1n) is 5.65. The summed E-state index contributed by atoms with van der Waals surface area (Å²) in [6.07, 6.45) is 1.36. The fourth-order valence-electron chi connectivity index (χ4n) is 1.83. The van der Waals surface area contributed by atoms with E-state index in [9.17, 15) is 4.79 Å². The molecule has 1 N–H and O–H groups in total. The summed E-state index contributed by atoms with van der Waals surface area (Å²) in [5.41, 5.74) is 4.08. The Morgan fingerprint density at radius 1 is 1.28 bits per heavy atom. The van der Waals surface area contributed by atoms with Crippen LogP contribution in [0.15, 0.2) is 12.3 Å². The van der Waals surface area contributed by atoms with Gasteiger partial charge in [0, 0.05) is 11.9 Å². The molecule has 2 heterocycles. The van der Waals surface area contributed by atoms with Crippen LogP contribution in [-0.4, -0.2) is 25.8 Å². The normalized spacial score (nSPS) is 10.7. The van der Waals surface area contributed by atoms with Gasteiger partial charge in [0.25, 0.3) is 0 Å². The van der Waals surface area contributed by atoms with Gasteiger partial charge in [-0.2, -0.15) is 5.10 Å². The van der Waals surface area contributed by atoms with Gasteiger partial charge in [-0.1, -0.05) is 0 Å². The molecule has 0 saturated carbocycles. The summed E-state index contributed by atoms with van der Waals surface area (Å²) in [6.45, 7) is 7.76. The lowest BCUT2D eigenvalue weighted by molar-refractivity contribution is 0.0696. The summed E-state index contributed by atoms with van der Waals surface area (Å²) in [4.78, 5) is 15.1. The van der Waals surface area contributed by atoms with Crippen molar-refractivity contribution < 1.29 is 9.90 Å². The zero-order chi connectivity index (χ0) is 13.4. The second-order valence-corrected chi connectivity index (χ2v) is 4.38. The van der Waals surface area contributed by atoms with Gasteiger partial charge < -0.3 is 5.11 Å². The number of carbonyl (C=O) groups is 1. The monoisotopic (exact) mass is 245 g/mol. The number of aryl methyl sites for hydroxylation is 2. The first-order valence-corrected chi connectivity index (χ1v) is 5.65. The summed E-state index contributed by atoms with van der Waals surface area (Å²) in [7, 11) is 0. The van der Waals surface area contributed by atoms with Gasteiger partial charge >= 0.3 is 5.97 Å². The van der Waals surface area contributed by atoms with Gasteiger partial charge in [0.2, 0.25) is 0 Å². The van der Waals surface area contributed by atoms with Crippen molar-refractivity contribution in [2.75, 3.05) is 0 Å². The van der Waals surface area contributed by atoms with E-state index in [2.05, 4.69) is 10.1 Å². The quantitative estimate of drug-likeness (QED) is 0.880. The highest BCUT2D eigenvalue weighted by Crippen LogP contribution is 2.18. The number of carboxylic acid groups (broad SMARTS) is 1. The molecule has 0 saturated heterocycles. The average Bonchev–Trinajstić information content (AvgIpc) is 2.57. The number of aromatic nitrogens is 3. The Labute approximate surface area is 105 Å². The zero-order valence-corrected chi connectivity index (χ0v) is 10.9. The van der Waals surface area contributed by atoms with Crippen LogP contribution in [0, 0.1) is 27.7 Å². The van der Waals surface area contributed by atoms with E-state index in [1.165, 1.54) is 6.20 Å². The van der Waals surface area contributed by atoms with Crippen LogP contribution < -0.4 is 0 Å². The largest absolute Gasteiger partial charge is 0.478 e. The lowest BCUT2D eigenvalue weighted by Crippen LogP contribution is -2.07. The van der Waals surface area contributed by atoms with Crippen LogP contribution in [0.4, 0.5) is 0 Å². The predicted octanol–water partition coefficient (Wildman–Crippen LogP) is 2.20. The Kier molecular flexibility index (Phi) is 2.90. The lowest BCUT2D eigenvalue weighted by atomic mass is 10.2. The minimum atomic E-state index is -0.971. The van der Waals surface area contributed by atoms with Gasteiger partial charge in [-0.3, -0.25) is 0 Å². The maximum absolute atomic E-state index is 10.9. The molecule has 5 nitrogen and oxygen atoms in total. The van der Waals surface area contributed by atoms with Crippen LogP contribution in [0.5, 0.6) is 0 Å². The molecule has 0 bridgehead atoms. The molecule has 0 aliphatic heterocycles. The average molecular weight is 245 g/mol. The number of pyridine rings is 1. The molecule has 0 aromatic carbocycles. The highest BCUT2D eigenvalue weighted by Gasteiger charge is 2.13. The SMILES string of the molecule is Cc1cc(C(=O)O)cnc1-n1nc(C)c(C)c1C. The molecule has 0 radical (unpaired) electrons. The summed E-state index contributed by atoms with van der Waals surface area (Å²) < 4.78 is 1.76. The zero-order valence-electron chi connectivity index (χ0n) is 10.9. The standard InChI is InChI=1S/C13H15N3O2/c1-7-5-11(13(17)18)6-14-12(7)16-10(4)8(2)9(3)15-16/h5-6H,1-4H3,(H,17,18). The molecule has 18 heavy (non-hydrogen) atoms. The van der Waals surface area contributed by atoms with E-state index in [1.54, 1.807) is 10.7 Å². The number of hydrogen-bond acceptors (Lipinski definition) is 3. The Balaban J connectivity index is 2.58. The maximum Gasteiger partial charge on any atom is 0.337 e. The van der Waals surface area contributed by atoms with E-state index in [1.807, 2.05) is 27.7 Å². The van der Waals surface area contributed by atoms with E-state index < -0.39 is 5.97 Å². The van der Waals surface area contributed by atoms with Crippen molar-refractivity contribution in [3.63, 3.8) is 0 Å².